The molecule has 0 heterocycles. The van der Waals surface area contributed by atoms with Gasteiger partial charge in [0.1, 0.15) is 11.6 Å². The van der Waals surface area contributed by atoms with Crippen molar-refractivity contribution in [3.05, 3.63) is 63.9 Å². The summed E-state index contributed by atoms with van der Waals surface area (Å²) in [6, 6.07) is 12.3. The highest BCUT2D eigenvalue weighted by Gasteiger charge is 2.25. The van der Waals surface area contributed by atoms with E-state index >= 15 is 0 Å². The number of benzene rings is 2. The summed E-state index contributed by atoms with van der Waals surface area (Å²) >= 11 is 3.50. The molecular formula is C16H17BrFNO. The molecular weight excluding hydrogens is 321 g/mol. The van der Waals surface area contributed by atoms with Crippen LogP contribution in [0.1, 0.15) is 18.1 Å². The Kier molecular flexibility index (Phi) is 4.45. The van der Waals surface area contributed by atoms with Crippen molar-refractivity contribution < 1.29 is 9.13 Å². The number of rotatable bonds is 4. The van der Waals surface area contributed by atoms with Gasteiger partial charge in [-0.1, -0.05) is 34.1 Å². The van der Waals surface area contributed by atoms with Crippen molar-refractivity contribution in [2.75, 3.05) is 7.11 Å². The summed E-state index contributed by atoms with van der Waals surface area (Å²) in [5.74, 6) is 0.476. The fraction of sp³-hybridized carbons (Fsp3) is 0.250. The Labute approximate surface area is 126 Å². The lowest BCUT2D eigenvalue weighted by molar-refractivity contribution is 0.412. The molecule has 2 aromatic rings. The molecule has 2 rings (SSSR count). The van der Waals surface area contributed by atoms with E-state index in [1.807, 2.05) is 25.1 Å². The van der Waals surface area contributed by atoms with Gasteiger partial charge < -0.3 is 10.5 Å². The van der Waals surface area contributed by atoms with Crippen LogP contribution in [0.25, 0.3) is 0 Å². The molecule has 0 radical (unpaired) electrons. The van der Waals surface area contributed by atoms with Gasteiger partial charge in [-0.25, -0.2) is 4.39 Å². The van der Waals surface area contributed by atoms with Gasteiger partial charge in [0.15, 0.2) is 0 Å². The maximum atomic E-state index is 13.9. The molecule has 106 valence electrons. The molecule has 0 bridgehead atoms. The van der Waals surface area contributed by atoms with Gasteiger partial charge in [-0.2, -0.15) is 0 Å². The first-order chi connectivity index (χ1) is 9.44. The van der Waals surface area contributed by atoms with Crippen LogP contribution in [-0.2, 0) is 12.0 Å². The van der Waals surface area contributed by atoms with Gasteiger partial charge >= 0.3 is 0 Å². The highest BCUT2D eigenvalue weighted by atomic mass is 79.9. The van der Waals surface area contributed by atoms with Gasteiger partial charge in [0, 0.05) is 15.6 Å². The second kappa shape index (κ2) is 5.94. The van der Waals surface area contributed by atoms with E-state index in [1.165, 1.54) is 6.07 Å². The molecule has 0 aliphatic heterocycles. The topological polar surface area (TPSA) is 35.2 Å². The lowest BCUT2D eigenvalue weighted by atomic mass is 9.86. The number of hydrogen-bond acceptors (Lipinski definition) is 2. The van der Waals surface area contributed by atoms with E-state index in [4.69, 9.17) is 10.5 Å². The van der Waals surface area contributed by atoms with E-state index < -0.39 is 5.54 Å². The second-order valence-electron chi connectivity index (χ2n) is 5.03. The van der Waals surface area contributed by atoms with E-state index in [1.54, 1.807) is 25.3 Å². The van der Waals surface area contributed by atoms with Crippen molar-refractivity contribution in [1.82, 2.24) is 0 Å². The molecule has 0 saturated heterocycles. The largest absolute Gasteiger partial charge is 0.497 e. The molecule has 4 heteroatoms. The van der Waals surface area contributed by atoms with Crippen molar-refractivity contribution in [2.24, 2.45) is 5.73 Å². The minimum atomic E-state index is -0.791. The number of hydrogen-bond donors (Lipinski definition) is 1. The predicted molar refractivity (Wildman–Crippen MR) is 82.3 cm³/mol. The van der Waals surface area contributed by atoms with Crippen LogP contribution in [0.5, 0.6) is 5.75 Å². The first-order valence-corrected chi connectivity index (χ1v) is 7.09. The molecule has 1 unspecified atom stereocenters. The third-order valence-corrected chi connectivity index (χ3v) is 4.07. The van der Waals surface area contributed by atoms with Crippen molar-refractivity contribution in [2.45, 2.75) is 18.9 Å². The third-order valence-electron chi connectivity index (χ3n) is 3.30. The monoisotopic (exact) mass is 337 g/mol. The van der Waals surface area contributed by atoms with Crippen LogP contribution in [0.2, 0.25) is 0 Å². The van der Waals surface area contributed by atoms with E-state index in [9.17, 15) is 4.39 Å². The fourth-order valence-electron chi connectivity index (χ4n) is 2.23. The van der Waals surface area contributed by atoms with E-state index in [-0.39, 0.29) is 5.82 Å². The van der Waals surface area contributed by atoms with Crippen molar-refractivity contribution in [3.63, 3.8) is 0 Å². The zero-order valence-corrected chi connectivity index (χ0v) is 13.1. The predicted octanol–water partition coefficient (Wildman–Crippen LogP) is 4.01. The van der Waals surface area contributed by atoms with Gasteiger partial charge in [-0.15, -0.1) is 0 Å². The minimum Gasteiger partial charge on any atom is -0.497 e. The Balaban J connectivity index is 2.35. The quantitative estimate of drug-likeness (QED) is 0.914. The molecule has 0 amide bonds. The normalized spacial score (nSPS) is 13.8. The lowest BCUT2D eigenvalue weighted by Crippen LogP contribution is -2.36. The number of ether oxygens (including phenoxy) is 1. The standard InChI is InChI=1S/C16H17BrFNO/c1-16(19,13-5-3-4-6-15(13)18)10-11-9-12(20-2)7-8-14(11)17/h3-9H,10,19H2,1-2H3. The summed E-state index contributed by atoms with van der Waals surface area (Å²) in [6.45, 7) is 1.83. The average Bonchev–Trinajstić information content (AvgIpc) is 2.41. The highest BCUT2D eigenvalue weighted by Crippen LogP contribution is 2.30. The van der Waals surface area contributed by atoms with Crippen molar-refractivity contribution in [1.29, 1.82) is 0 Å². The number of methoxy groups -OCH3 is 1. The van der Waals surface area contributed by atoms with Crippen LogP contribution in [0.15, 0.2) is 46.9 Å². The summed E-state index contributed by atoms with van der Waals surface area (Å²) < 4.78 is 20.1. The van der Waals surface area contributed by atoms with Crippen LogP contribution >= 0.6 is 15.9 Å². The summed E-state index contributed by atoms with van der Waals surface area (Å²) in [5, 5.41) is 0. The molecule has 0 saturated carbocycles. The SMILES string of the molecule is COc1ccc(Br)c(CC(C)(N)c2ccccc2F)c1. The fourth-order valence-corrected chi connectivity index (χ4v) is 2.62. The molecule has 2 aromatic carbocycles. The Morgan fingerprint density at radius 2 is 1.95 bits per heavy atom. The van der Waals surface area contributed by atoms with Gasteiger partial charge in [0.2, 0.25) is 0 Å². The van der Waals surface area contributed by atoms with Crippen molar-refractivity contribution in [3.8, 4) is 5.75 Å². The molecule has 2 N–H and O–H groups in total. The van der Waals surface area contributed by atoms with Crippen LogP contribution in [0.4, 0.5) is 4.39 Å². The van der Waals surface area contributed by atoms with Gasteiger partial charge in [0.05, 0.1) is 7.11 Å². The van der Waals surface area contributed by atoms with Crippen LogP contribution in [0, 0.1) is 5.82 Å². The molecule has 2 nitrogen and oxygen atoms in total. The van der Waals surface area contributed by atoms with Gasteiger partial charge in [0.25, 0.3) is 0 Å². The maximum absolute atomic E-state index is 13.9. The van der Waals surface area contributed by atoms with Crippen LogP contribution in [-0.4, -0.2) is 7.11 Å². The summed E-state index contributed by atoms with van der Waals surface area (Å²) in [6.07, 6.45) is 0.506. The third kappa shape index (κ3) is 3.19. The lowest BCUT2D eigenvalue weighted by Gasteiger charge is -2.26. The maximum Gasteiger partial charge on any atom is 0.128 e. The van der Waals surface area contributed by atoms with Gasteiger partial charge in [-0.05, 0) is 43.2 Å². The average molecular weight is 338 g/mol. The van der Waals surface area contributed by atoms with E-state index in [0.717, 1.165) is 15.8 Å². The Hall–Kier alpha value is -1.39. The number of nitrogens with two attached hydrogens (primary N) is 1. The molecule has 0 fully saturated rings. The van der Waals surface area contributed by atoms with E-state index in [0.29, 0.717) is 12.0 Å². The molecule has 0 aliphatic carbocycles. The van der Waals surface area contributed by atoms with Gasteiger partial charge in [-0.3, -0.25) is 0 Å². The molecule has 1 atom stereocenters. The molecule has 0 aliphatic rings. The Morgan fingerprint density at radius 1 is 1.25 bits per heavy atom. The zero-order chi connectivity index (χ0) is 14.8. The van der Waals surface area contributed by atoms with E-state index in [2.05, 4.69) is 15.9 Å². The molecule has 20 heavy (non-hydrogen) atoms. The highest BCUT2D eigenvalue weighted by molar-refractivity contribution is 9.10. The second-order valence-corrected chi connectivity index (χ2v) is 5.89. The summed E-state index contributed by atoms with van der Waals surface area (Å²) in [5.41, 5.74) is 7.03. The number of halogens is 2. The molecule has 0 spiro atoms. The first kappa shape index (κ1) is 15.0. The molecule has 0 aromatic heterocycles. The summed E-state index contributed by atoms with van der Waals surface area (Å²) in [4.78, 5) is 0. The first-order valence-electron chi connectivity index (χ1n) is 6.30. The summed E-state index contributed by atoms with van der Waals surface area (Å²) in [7, 11) is 1.62. The van der Waals surface area contributed by atoms with Crippen molar-refractivity contribution >= 4 is 15.9 Å². The van der Waals surface area contributed by atoms with Crippen LogP contribution in [0.3, 0.4) is 0 Å². The smallest absolute Gasteiger partial charge is 0.128 e. The Bertz CT molecular complexity index is 613. The minimum absolute atomic E-state index is 0.281. The Morgan fingerprint density at radius 3 is 2.60 bits per heavy atom. The zero-order valence-electron chi connectivity index (χ0n) is 11.5. The van der Waals surface area contributed by atoms with Crippen LogP contribution < -0.4 is 10.5 Å².